The van der Waals surface area contributed by atoms with Crippen molar-refractivity contribution in [3.8, 4) is 0 Å². The first-order valence-corrected chi connectivity index (χ1v) is 31.7. The topological polar surface area (TPSA) is 78.9 Å². The van der Waals surface area contributed by atoms with Crippen molar-refractivity contribution in [2.24, 2.45) is 0 Å². The largest absolute Gasteiger partial charge is 0.462 e. The lowest BCUT2D eigenvalue weighted by atomic mass is 10.1. The quantitative estimate of drug-likeness (QED) is 0.0261. The van der Waals surface area contributed by atoms with Gasteiger partial charge in [0, 0.05) is 19.3 Å². The van der Waals surface area contributed by atoms with Gasteiger partial charge < -0.3 is 14.2 Å². The lowest BCUT2D eigenvalue weighted by Gasteiger charge is -2.18. The number of rotatable bonds is 57. The summed E-state index contributed by atoms with van der Waals surface area (Å²) in [6, 6.07) is 0. The normalized spacial score (nSPS) is 12.7. The first-order valence-electron chi connectivity index (χ1n) is 31.7. The molecule has 0 spiro atoms. The fourth-order valence-electron chi connectivity index (χ4n) is 8.79. The first kappa shape index (κ1) is 71.3. The number of carbonyl (C=O) groups excluding carboxylic acids is 3. The van der Waals surface area contributed by atoms with Crippen LogP contribution in [0.2, 0.25) is 0 Å². The number of ether oxygens (including phenoxy) is 3. The number of esters is 3. The van der Waals surface area contributed by atoms with Crippen molar-refractivity contribution in [3.63, 3.8) is 0 Å². The summed E-state index contributed by atoms with van der Waals surface area (Å²) in [5.74, 6) is -0.919. The maximum atomic E-state index is 12.9. The number of hydrogen-bond acceptors (Lipinski definition) is 6. The van der Waals surface area contributed by atoms with Gasteiger partial charge in [0.25, 0.3) is 0 Å². The Balaban J connectivity index is 4.42. The summed E-state index contributed by atoms with van der Waals surface area (Å²) >= 11 is 0. The third-order valence-corrected chi connectivity index (χ3v) is 13.5. The van der Waals surface area contributed by atoms with E-state index in [0.717, 1.165) is 116 Å². The Kier molecular flexibility index (Phi) is 59.8. The summed E-state index contributed by atoms with van der Waals surface area (Å²) in [6.07, 6.45) is 84.0. The van der Waals surface area contributed by atoms with Crippen LogP contribution in [0.25, 0.3) is 0 Å². The second kappa shape index (κ2) is 62.9. The zero-order chi connectivity index (χ0) is 54.3. The monoisotopic (exact) mass is 1040 g/mol. The van der Waals surface area contributed by atoms with Gasteiger partial charge in [0.2, 0.25) is 0 Å². The lowest BCUT2D eigenvalue weighted by molar-refractivity contribution is -0.167. The second-order valence-corrected chi connectivity index (χ2v) is 20.9. The summed E-state index contributed by atoms with van der Waals surface area (Å²) in [4.78, 5) is 38.3. The molecule has 6 nitrogen and oxygen atoms in total. The van der Waals surface area contributed by atoms with Gasteiger partial charge in [-0.2, -0.15) is 0 Å². The van der Waals surface area contributed by atoms with Crippen molar-refractivity contribution >= 4 is 17.9 Å². The van der Waals surface area contributed by atoms with Crippen LogP contribution >= 0.6 is 0 Å². The average Bonchev–Trinajstić information content (AvgIpc) is 3.41. The zero-order valence-electron chi connectivity index (χ0n) is 49.3. The van der Waals surface area contributed by atoms with Gasteiger partial charge >= 0.3 is 17.9 Å². The van der Waals surface area contributed by atoms with E-state index in [1.54, 1.807) is 0 Å². The molecule has 0 aromatic carbocycles. The molecule has 0 saturated carbocycles. The van der Waals surface area contributed by atoms with Crippen LogP contribution in [0.15, 0.2) is 97.2 Å². The average molecular weight is 1040 g/mol. The SMILES string of the molecule is CC/C=C\C/C=C\C/C=C\C/C=C\CCCCCCC(=O)OC(COC(=O)CCCCCCCCC/C=C\CCCCCCCC)COC(=O)CCCCCCCCCC/C=C\C/C=C\C/C=C\CCCCCCC. The van der Waals surface area contributed by atoms with Crippen LogP contribution in [0, 0.1) is 0 Å². The third kappa shape index (κ3) is 61.1. The van der Waals surface area contributed by atoms with Crippen molar-refractivity contribution < 1.29 is 28.6 Å². The highest BCUT2D eigenvalue weighted by atomic mass is 16.6. The van der Waals surface area contributed by atoms with E-state index < -0.39 is 6.10 Å². The molecule has 1 unspecified atom stereocenters. The zero-order valence-corrected chi connectivity index (χ0v) is 49.3. The minimum Gasteiger partial charge on any atom is -0.462 e. The molecule has 430 valence electrons. The van der Waals surface area contributed by atoms with Crippen molar-refractivity contribution in [1.29, 1.82) is 0 Å². The molecular formula is C69H118O6. The molecule has 0 heterocycles. The minimum atomic E-state index is -0.798. The maximum Gasteiger partial charge on any atom is 0.306 e. The molecule has 0 fully saturated rings. The Bertz CT molecular complexity index is 1480. The van der Waals surface area contributed by atoms with E-state index in [-0.39, 0.29) is 31.1 Å². The molecule has 0 N–H and O–H groups in total. The van der Waals surface area contributed by atoms with Gasteiger partial charge in [-0.3, -0.25) is 14.4 Å². The number of hydrogen-bond donors (Lipinski definition) is 0. The molecular weight excluding hydrogens is 925 g/mol. The van der Waals surface area contributed by atoms with Crippen LogP contribution in [-0.4, -0.2) is 37.2 Å². The Morgan fingerprint density at radius 3 is 0.827 bits per heavy atom. The van der Waals surface area contributed by atoms with Gasteiger partial charge in [-0.15, -0.1) is 0 Å². The Morgan fingerprint density at radius 1 is 0.280 bits per heavy atom. The van der Waals surface area contributed by atoms with Crippen LogP contribution in [-0.2, 0) is 28.6 Å². The summed E-state index contributed by atoms with van der Waals surface area (Å²) in [7, 11) is 0. The minimum absolute atomic E-state index is 0.0921. The van der Waals surface area contributed by atoms with Crippen molar-refractivity contribution in [2.75, 3.05) is 13.2 Å². The van der Waals surface area contributed by atoms with Crippen LogP contribution in [0.5, 0.6) is 0 Å². The molecule has 0 amide bonds. The fraction of sp³-hybridized carbons (Fsp3) is 0.725. The standard InChI is InChI=1S/C69H118O6/c1-4-7-10-13-16-19-22-25-28-31-32-33-34-35-36-39-41-44-47-50-53-56-59-62-68(71)74-65-66(75-69(72)63-60-57-54-51-48-45-42-38-30-27-24-21-18-15-12-9-6-3)64-73-67(70)61-58-55-52-49-46-43-40-37-29-26-23-20-17-14-11-8-5-2/h9,12,18,21-22,25-27,29-32,34-35,42,45,66H,4-8,10-11,13-17,19-20,23-24,28,33,36-41,43-44,46-65H2,1-3H3/b12-9-,21-18-,25-22-,29-26-,30-27-,32-31-,35-34-,45-42-. The number of allylic oxidation sites excluding steroid dienone is 16. The lowest BCUT2D eigenvalue weighted by Crippen LogP contribution is -2.30. The Morgan fingerprint density at radius 2 is 0.520 bits per heavy atom. The van der Waals surface area contributed by atoms with Gasteiger partial charge in [0.05, 0.1) is 0 Å². The van der Waals surface area contributed by atoms with Crippen molar-refractivity contribution in [3.05, 3.63) is 97.2 Å². The summed E-state index contributed by atoms with van der Waals surface area (Å²) in [5, 5.41) is 0. The maximum absolute atomic E-state index is 12.9. The molecule has 0 bridgehead atoms. The first-order chi connectivity index (χ1) is 37.0. The van der Waals surface area contributed by atoms with E-state index in [9.17, 15) is 14.4 Å². The predicted octanol–water partition coefficient (Wildman–Crippen LogP) is 21.7. The molecule has 0 radical (unpaired) electrons. The van der Waals surface area contributed by atoms with Gasteiger partial charge in [-0.05, 0) is 122 Å². The summed E-state index contributed by atoms with van der Waals surface area (Å²) in [5.41, 5.74) is 0. The van der Waals surface area contributed by atoms with Gasteiger partial charge in [0.1, 0.15) is 13.2 Å². The Hall–Kier alpha value is -3.67. The molecule has 0 aliphatic heterocycles. The predicted molar refractivity (Wildman–Crippen MR) is 325 cm³/mol. The molecule has 0 aromatic rings. The van der Waals surface area contributed by atoms with Crippen LogP contribution in [0.3, 0.4) is 0 Å². The molecule has 0 saturated heterocycles. The van der Waals surface area contributed by atoms with E-state index >= 15 is 0 Å². The highest BCUT2D eigenvalue weighted by molar-refractivity contribution is 5.71. The smallest absolute Gasteiger partial charge is 0.306 e. The number of carbonyl (C=O) groups is 3. The van der Waals surface area contributed by atoms with Gasteiger partial charge in [0.15, 0.2) is 6.10 Å². The molecule has 0 aliphatic carbocycles. The highest BCUT2D eigenvalue weighted by Gasteiger charge is 2.19. The molecule has 0 aromatic heterocycles. The fourth-order valence-corrected chi connectivity index (χ4v) is 8.79. The van der Waals surface area contributed by atoms with Gasteiger partial charge in [-0.25, -0.2) is 0 Å². The van der Waals surface area contributed by atoms with Crippen LogP contribution < -0.4 is 0 Å². The molecule has 1 atom stereocenters. The Labute approximate surface area is 464 Å². The van der Waals surface area contributed by atoms with Crippen molar-refractivity contribution in [1.82, 2.24) is 0 Å². The number of unbranched alkanes of at least 4 members (excludes halogenated alkanes) is 30. The highest BCUT2D eigenvalue weighted by Crippen LogP contribution is 2.15. The molecule has 0 rings (SSSR count). The third-order valence-electron chi connectivity index (χ3n) is 13.5. The van der Waals surface area contributed by atoms with Crippen molar-refractivity contribution in [2.45, 2.75) is 309 Å². The van der Waals surface area contributed by atoms with E-state index in [4.69, 9.17) is 14.2 Å². The molecule has 75 heavy (non-hydrogen) atoms. The van der Waals surface area contributed by atoms with E-state index in [2.05, 4.69) is 118 Å². The second-order valence-electron chi connectivity index (χ2n) is 20.9. The molecule has 6 heteroatoms. The van der Waals surface area contributed by atoms with E-state index in [1.807, 2.05) is 0 Å². The van der Waals surface area contributed by atoms with Crippen LogP contribution in [0.4, 0.5) is 0 Å². The van der Waals surface area contributed by atoms with Crippen LogP contribution in [0.1, 0.15) is 303 Å². The molecule has 0 aliphatic rings. The van der Waals surface area contributed by atoms with Gasteiger partial charge in [-0.1, -0.05) is 259 Å². The van der Waals surface area contributed by atoms with E-state index in [0.29, 0.717) is 19.3 Å². The summed E-state index contributed by atoms with van der Waals surface area (Å²) < 4.78 is 16.9. The van der Waals surface area contributed by atoms with E-state index in [1.165, 1.54) is 148 Å². The summed E-state index contributed by atoms with van der Waals surface area (Å²) in [6.45, 7) is 6.50.